The van der Waals surface area contributed by atoms with Crippen LogP contribution in [0.3, 0.4) is 0 Å². The average molecular weight is 418 g/mol. The number of ether oxygens (including phenoxy) is 1. The van der Waals surface area contributed by atoms with Crippen LogP contribution in [0, 0.1) is 26.7 Å². The van der Waals surface area contributed by atoms with Gasteiger partial charge in [-0.15, -0.1) is 0 Å². The fourth-order valence-electron chi connectivity index (χ4n) is 4.50. The van der Waals surface area contributed by atoms with Gasteiger partial charge in [0.2, 0.25) is 0 Å². The standard InChI is InChI=1S/C26H31N3O2/c1-17-7-6-12-29(15-17)23-11-10-21-8-5-9-22(26(21)27-23)31-16-24(30)28-25-19(3)13-18(2)14-20(25)4/h5,8-11,13-14,17H,6-7,12,15-16H2,1-4H3,(H,28,30). The maximum atomic E-state index is 12.6. The summed E-state index contributed by atoms with van der Waals surface area (Å²) in [6.07, 6.45) is 2.46. The lowest BCUT2D eigenvalue weighted by Gasteiger charge is -2.32. The lowest BCUT2D eigenvalue weighted by molar-refractivity contribution is -0.118. The number of benzene rings is 2. The summed E-state index contributed by atoms with van der Waals surface area (Å²) in [5, 5.41) is 4.01. The van der Waals surface area contributed by atoms with Crippen LogP contribution in [0.15, 0.2) is 42.5 Å². The van der Waals surface area contributed by atoms with Crippen molar-refractivity contribution in [3.8, 4) is 5.75 Å². The van der Waals surface area contributed by atoms with Gasteiger partial charge >= 0.3 is 0 Å². The molecule has 1 unspecified atom stereocenters. The van der Waals surface area contributed by atoms with Gasteiger partial charge in [0.1, 0.15) is 17.1 Å². The largest absolute Gasteiger partial charge is 0.481 e. The molecule has 5 heteroatoms. The van der Waals surface area contributed by atoms with E-state index in [1.807, 2.05) is 32.0 Å². The third-order valence-corrected chi connectivity index (χ3v) is 5.95. The number of nitrogens with zero attached hydrogens (tertiary/aromatic N) is 2. The summed E-state index contributed by atoms with van der Waals surface area (Å²) >= 11 is 0. The van der Waals surface area contributed by atoms with Gasteiger partial charge in [-0.1, -0.05) is 36.8 Å². The summed E-state index contributed by atoms with van der Waals surface area (Å²) in [7, 11) is 0. The number of anilines is 2. The molecule has 1 atom stereocenters. The van der Waals surface area contributed by atoms with Gasteiger partial charge in [-0.05, 0) is 68.9 Å². The Kier molecular flexibility index (Phi) is 6.12. The molecule has 4 rings (SSSR count). The number of para-hydroxylation sites is 1. The Labute approximate surface area is 184 Å². The predicted molar refractivity (Wildman–Crippen MR) is 127 cm³/mol. The smallest absolute Gasteiger partial charge is 0.262 e. The van der Waals surface area contributed by atoms with E-state index < -0.39 is 0 Å². The minimum absolute atomic E-state index is 0.0570. The number of piperidine rings is 1. The van der Waals surface area contributed by atoms with Gasteiger partial charge < -0.3 is 15.0 Å². The van der Waals surface area contributed by atoms with E-state index in [0.717, 1.165) is 46.6 Å². The number of amides is 1. The van der Waals surface area contributed by atoms with Gasteiger partial charge in [0.15, 0.2) is 6.61 Å². The van der Waals surface area contributed by atoms with Gasteiger partial charge in [-0.25, -0.2) is 4.98 Å². The number of carbonyl (C=O) groups is 1. The number of hydrogen-bond donors (Lipinski definition) is 1. The van der Waals surface area contributed by atoms with Crippen molar-refractivity contribution in [3.05, 3.63) is 59.2 Å². The number of aryl methyl sites for hydroxylation is 3. The van der Waals surface area contributed by atoms with E-state index in [4.69, 9.17) is 9.72 Å². The minimum atomic E-state index is -0.173. The van der Waals surface area contributed by atoms with Crippen LogP contribution in [0.5, 0.6) is 5.75 Å². The van der Waals surface area contributed by atoms with E-state index in [1.54, 1.807) is 0 Å². The van der Waals surface area contributed by atoms with Crippen LogP contribution in [0.4, 0.5) is 11.5 Å². The molecule has 1 aromatic heterocycles. The zero-order valence-electron chi connectivity index (χ0n) is 18.9. The lowest BCUT2D eigenvalue weighted by Crippen LogP contribution is -2.34. The Morgan fingerprint density at radius 3 is 2.68 bits per heavy atom. The predicted octanol–water partition coefficient (Wildman–Crippen LogP) is 5.41. The van der Waals surface area contributed by atoms with Crippen molar-refractivity contribution in [2.24, 2.45) is 5.92 Å². The number of hydrogen-bond acceptors (Lipinski definition) is 4. The Hall–Kier alpha value is -3.08. The molecule has 1 fully saturated rings. The number of nitrogens with one attached hydrogen (secondary N) is 1. The summed E-state index contributed by atoms with van der Waals surface area (Å²) in [5.41, 5.74) is 4.95. The van der Waals surface area contributed by atoms with E-state index in [2.05, 4.69) is 48.3 Å². The van der Waals surface area contributed by atoms with Crippen molar-refractivity contribution in [2.75, 3.05) is 29.9 Å². The van der Waals surface area contributed by atoms with Crippen molar-refractivity contribution in [2.45, 2.75) is 40.5 Å². The first kappa shape index (κ1) is 21.2. The van der Waals surface area contributed by atoms with Gasteiger partial charge in [0, 0.05) is 24.2 Å². The molecule has 162 valence electrons. The third kappa shape index (κ3) is 4.82. The van der Waals surface area contributed by atoms with Crippen molar-refractivity contribution in [3.63, 3.8) is 0 Å². The molecule has 1 amide bonds. The van der Waals surface area contributed by atoms with E-state index >= 15 is 0 Å². The monoisotopic (exact) mass is 417 g/mol. The molecule has 1 aliphatic heterocycles. The van der Waals surface area contributed by atoms with E-state index in [-0.39, 0.29) is 12.5 Å². The Morgan fingerprint density at radius 2 is 1.94 bits per heavy atom. The van der Waals surface area contributed by atoms with Crippen LogP contribution in [0.25, 0.3) is 10.9 Å². The average Bonchev–Trinajstić information content (AvgIpc) is 2.74. The van der Waals surface area contributed by atoms with Crippen LogP contribution >= 0.6 is 0 Å². The van der Waals surface area contributed by atoms with Crippen LogP contribution in [0.1, 0.15) is 36.5 Å². The number of fused-ring (bicyclic) bond motifs is 1. The molecule has 1 aliphatic rings. The third-order valence-electron chi connectivity index (χ3n) is 5.95. The van der Waals surface area contributed by atoms with Crippen molar-refractivity contribution in [1.82, 2.24) is 4.98 Å². The van der Waals surface area contributed by atoms with E-state index in [9.17, 15) is 4.79 Å². The molecule has 0 aliphatic carbocycles. The molecule has 3 aromatic rings. The van der Waals surface area contributed by atoms with Gasteiger partial charge in [-0.2, -0.15) is 0 Å². The lowest BCUT2D eigenvalue weighted by atomic mass is 10.0. The fraction of sp³-hybridized carbons (Fsp3) is 0.385. The van der Waals surface area contributed by atoms with Crippen LogP contribution in [0.2, 0.25) is 0 Å². The molecule has 0 saturated carbocycles. The summed E-state index contributed by atoms with van der Waals surface area (Å²) < 4.78 is 5.93. The van der Waals surface area contributed by atoms with Gasteiger partial charge in [-0.3, -0.25) is 4.79 Å². The zero-order valence-corrected chi connectivity index (χ0v) is 18.9. The fourth-order valence-corrected chi connectivity index (χ4v) is 4.50. The summed E-state index contributed by atoms with van der Waals surface area (Å²) in [6.45, 7) is 10.4. The second-order valence-electron chi connectivity index (χ2n) is 8.80. The Morgan fingerprint density at radius 1 is 1.16 bits per heavy atom. The van der Waals surface area contributed by atoms with Crippen LogP contribution in [-0.2, 0) is 4.79 Å². The van der Waals surface area contributed by atoms with E-state index in [1.165, 1.54) is 18.4 Å². The highest BCUT2D eigenvalue weighted by Crippen LogP contribution is 2.29. The Bertz CT molecular complexity index is 1090. The van der Waals surface area contributed by atoms with Crippen LogP contribution < -0.4 is 15.0 Å². The summed E-state index contributed by atoms with van der Waals surface area (Å²) in [4.78, 5) is 19.8. The molecule has 31 heavy (non-hydrogen) atoms. The molecule has 0 spiro atoms. The first-order chi connectivity index (χ1) is 14.9. The quantitative estimate of drug-likeness (QED) is 0.603. The SMILES string of the molecule is Cc1cc(C)c(NC(=O)COc2cccc3ccc(N4CCCC(C)C4)nc23)c(C)c1. The normalized spacial score (nSPS) is 16.4. The molecule has 1 saturated heterocycles. The first-order valence-corrected chi connectivity index (χ1v) is 11.1. The van der Waals surface area contributed by atoms with Crippen molar-refractivity contribution >= 4 is 28.3 Å². The highest BCUT2D eigenvalue weighted by Gasteiger charge is 2.18. The number of pyridine rings is 1. The minimum Gasteiger partial charge on any atom is -0.481 e. The molecule has 5 nitrogen and oxygen atoms in total. The topological polar surface area (TPSA) is 54.5 Å². The Balaban J connectivity index is 1.50. The van der Waals surface area contributed by atoms with Crippen LogP contribution in [-0.4, -0.2) is 30.6 Å². The van der Waals surface area contributed by atoms with Crippen molar-refractivity contribution < 1.29 is 9.53 Å². The molecule has 2 aromatic carbocycles. The van der Waals surface area contributed by atoms with Crippen molar-refractivity contribution in [1.29, 1.82) is 0 Å². The van der Waals surface area contributed by atoms with Gasteiger partial charge in [0.25, 0.3) is 5.91 Å². The van der Waals surface area contributed by atoms with E-state index in [0.29, 0.717) is 11.7 Å². The number of carbonyl (C=O) groups excluding carboxylic acids is 1. The second kappa shape index (κ2) is 8.96. The highest BCUT2D eigenvalue weighted by molar-refractivity contribution is 5.94. The number of aromatic nitrogens is 1. The maximum Gasteiger partial charge on any atom is 0.262 e. The molecular weight excluding hydrogens is 386 g/mol. The van der Waals surface area contributed by atoms with Gasteiger partial charge in [0.05, 0.1) is 0 Å². The number of rotatable bonds is 5. The maximum absolute atomic E-state index is 12.6. The molecular formula is C26H31N3O2. The summed E-state index contributed by atoms with van der Waals surface area (Å²) in [5.74, 6) is 2.12. The first-order valence-electron chi connectivity index (χ1n) is 11.1. The molecule has 2 heterocycles. The zero-order chi connectivity index (χ0) is 22.0. The molecule has 0 radical (unpaired) electrons. The second-order valence-corrected chi connectivity index (χ2v) is 8.80. The molecule has 0 bridgehead atoms. The highest BCUT2D eigenvalue weighted by atomic mass is 16.5. The molecule has 1 N–H and O–H groups in total. The summed E-state index contributed by atoms with van der Waals surface area (Å²) in [6, 6.07) is 14.2.